The first kappa shape index (κ1) is 24.5. The molecule has 37 heavy (non-hydrogen) atoms. The van der Waals surface area contributed by atoms with E-state index in [9.17, 15) is 9.59 Å². The number of hydrogen-bond acceptors (Lipinski definition) is 6. The summed E-state index contributed by atoms with van der Waals surface area (Å²) in [6, 6.07) is 14.9. The third-order valence-electron chi connectivity index (χ3n) is 7.09. The number of amides is 1. The summed E-state index contributed by atoms with van der Waals surface area (Å²) >= 11 is 0. The Morgan fingerprint density at radius 3 is 2.62 bits per heavy atom. The van der Waals surface area contributed by atoms with Gasteiger partial charge in [-0.25, -0.2) is 4.79 Å². The summed E-state index contributed by atoms with van der Waals surface area (Å²) < 4.78 is 14.6. The van der Waals surface area contributed by atoms with Crippen molar-refractivity contribution in [3.63, 3.8) is 0 Å². The van der Waals surface area contributed by atoms with Crippen LogP contribution in [0.1, 0.15) is 31.2 Å². The Balaban J connectivity index is 1.25. The van der Waals surface area contributed by atoms with Gasteiger partial charge in [-0.2, -0.15) is 4.98 Å². The Kier molecular flexibility index (Phi) is 7.20. The number of carbonyl (C=O) groups excluding carboxylic acids is 1. The van der Waals surface area contributed by atoms with Crippen LogP contribution in [0, 0.1) is 11.8 Å². The Morgan fingerprint density at radius 2 is 1.86 bits per heavy atom. The van der Waals surface area contributed by atoms with Gasteiger partial charge in [-0.1, -0.05) is 12.1 Å². The number of aryl methyl sites for hydroxylation is 1. The van der Waals surface area contributed by atoms with Gasteiger partial charge in [0.05, 0.1) is 12.6 Å². The van der Waals surface area contributed by atoms with Crippen LogP contribution in [0.4, 0.5) is 5.69 Å². The van der Waals surface area contributed by atoms with E-state index in [1.165, 1.54) is 0 Å². The van der Waals surface area contributed by atoms with Crippen LogP contribution in [0.15, 0.2) is 65.7 Å². The molecule has 9 heteroatoms. The summed E-state index contributed by atoms with van der Waals surface area (Å²) in [5, 5.41) is 2.98. The van der Waals surface area contributed by atoms with Gasteiger partial charge in [-0.15, -0.1) is 0 Å². The fraction of sp³-hybridized carbons (Fsp3) is 0.357. The molecule has 0 spiro atoms. The molecule has 0 saturated heterocycles. The van der Waals surface area contributed by atoms with Crippen LogP contribution in [-0.2, 0) is 25.0 Å². The average molecular weight is 502 g/mol. The lowest BCUT2D eigenvalue weighted by molar-refractivity contribution is -0.121. The van der Waals surface area contributed by atoms with Crippen LogP contribution in [-0.4, -0.2) is 32.1 Å². The third kappa shape index (κ3) is 5.50. The number of imidazole rings is 1. The predicted molar refractivity (Wildman–Crippen MR) is 141 cm³/mol. The molecule has 1 fully saturated rings. The van der Waals surface area contributed by atoms with Gasteiger partial charge in [-0.05, 0) is 67.5 Å². The summed E-state index contributed by atoms with van der Waals surface area (Å²) in [5.41, 5.74) is 3.03. The molecule has 1 saturated carbocycles. The standard InChI is InChI=1S/C28H31N5O4/c1-32-24-10-11-25(37-18-20-4-3-5-23(16-20)36-2)31-26(24)33(28(32)35)17-19-6-8-21(9-7-19)27(34)30-22-12-14-29-15-13-22/h3-5,10-16,19,21H,6-9,17-18H2,1-2H3,(H,29,30,34). The van der Waals surface area contributed by atoms with Crippen molar-refractivity contribution in [2.45, 2.75) is 38.8 Å². The largest absolute Gasteiger partial charge is 0.497 e. The molecular weight excluding hydrogens is 470 g/mol. The zero-order valence-corrected chi connectivity index (χ0v) is 21.1. The molecule has 0 bridgehead atoms. The number of anilines is 1. The molecule has 0 radical (unpaired) electrons. The molecule has 1 aliphatic carbocycles. The Morgan fingerprint density at radius 1 is 1.08 bits per heavy atom. The second-order valence-corrected chi connectivity index (χ2v) is 9.53. The molecule has 5 rings (SSSR count). The minimum Gasteiger partial charge on any atom is -0.497 e. The van der Waals surface area contributed by atoms with E-state index in [2.05, 4.69) is 15.3 Å². The van der Waals surface area contributed by atoms with Gasteiger partial charge in [0.1, 0.15) is 12.4 Å². The first-order valence-corrected chi connectivity index (χ1v) is 12.5. The fourth-order valence-corrected chi connectivity index (χ4v) is 4.97. The number of nitrogens with zero attached hydrogens (tertiary/aromatic N) is 4. The van der Waals surface area contributed by atoms with Crippen molar-refractivity contribution < 1.29 is 14.3 Å². The number of nitrogens with one attached hydrogen (secondary N) is 1. The van der Waals surface area contributed by atoms with Gasteiger partial charge in [0, 0.05) is 43.7 Å². The van der Waals surface area contributed by atoms with E-state index in [0.717, 1.165) is 48.2 Å². The molecule has 1 aliphatic rings. The molecule has 1 aromatic carbocycles. The molecule has 3 heterocycles. The molecule has 0 unspecified atom stereocenters. The number of hydrogen-bond donors (Lipinski definition) is 1. The Bertz CT molecular complexity index is 1440. The summed E-state index contributed by atoms with van der Waals surface area (Å²) in [5.74, 6) is 1.56. The van der Waals surface area contributed by atoms with Gasteiger partial charge in [0.2, 0.25) is 11.8 Å². The summed E-state index contributed by atoms with van der Waals surface area (Å²) in [7, 11) is 3.40. The molecule has 1 N–H and O–H groups in total. The smallest absolute Gasteiger partial charge is 0.330 e. The highest BCUT2D eigenvalue weighted by Gasteiger charge is 2.28. The minimum atomic E-state index is -0.0926. The van der Waals surface area contributed by atoms with Crippen molar-refractivity contribution in [1.29, 1.82) is 0 Å². The zero-order valence-electron chi connectivity index (χ0n) is 21.1. The van der Waals surface area contributed by atoms with Crippen LogP contribution in [0.2, 0.25) is 0 Å². The first-order chi connectivity index (χ1) is 18.0. The monoisotopic (exact) mass is 501 g/mol. The van der Waals surface area contributed by atoms with E-state index in [1.54, 1.807) is 53.9 Å². The summed E-state index contributed by atoms with van der Waals surface area (Å²) in [6.45, 7) is 0.916. The van der Waals surface area contributed by atoms with Crippen LogP contribution >= 0.6 is 0 Å². The summed E-state index contributed by atoms with van der Waals surface area (Å²) in [6.07, 6.45) is 6.68. The third-order valence-corrected chi connectivity index (χ3v) is 7.09. The number of fused-ring (bicyclic) bond motifs is 1. The van der Waals surface area contributed by atoms with Crippen LogP contribution in [0.5, 0.6) is 11.6 Å². The molecule has 1 amide bonds. The number of methoxy groups -OCH3 is 1. The highest BCUT2D eigenvalue weighted by Crippen LogP contribution is 2.31. The highest BCUT2D eigenvalue weighted by atomic mass is 16.5. The van der Waals surface area contributed by atoms with Crippen molar-refractivity contribution in [2.24, 2.45) is 18.9 Å². The minimum absolute atomic E-state index is 0.0246. The molecule has 192 valence electrons. The van der Waals surface area contributed by atoms with Crippen LogP contribution < -0.4 is 20.5 Å². The lowest BCUT2D eigenvalue weighted by Gasteiger charge is -2.27. The maximum absolute atomic E-state index is 13.1. The first-order valence-electron chi connectivity index (χ1n) is 12.5. The number of aromatic nitrogens is 4. The Labute approximate surface area is 215 Å². The summed E-state index contributed by atoms with van der Waals surface area (Å²) in [4.78, 5) is 34.4. The maximum atomic E-state index is 13.1. The molecule has 9 nitrogen and oxygen atoms in total. The fourth-order valence-electron chi connectivity index (χ4n) is 4.97. The predicted octanol–water partition coefficient (Wildman–Crippen LogP) is 4.16. The number of ether oxygens (including phenoxy) is 2. The van der Waals surface area contributed by atoms with E-state index in [4.69, 9.17) is 9.47 Å². The number of pyridine rings is 2. The van der Waals surface area contributed by atoms with E-state index in [1.807, 2.05) is 30.3 Å². The molecule has 4 aromatic rings. The maximum Gasteiger partial charge on any atom is 0.330 e. The SMILES string of the molecule is COc1cccc(COc2ccc3c(n2)n(CC2CCC(C(=O)Nc4ccncc4)CC2)c(=O)n3C)c1. The van der Waals surface area contributed by atoms with Gasteiger partial charge in [-0.3, -0.25) is 18.9 Å². The van der Waals surface area contributed by atoms with Gasteiger partial charge >= 0.3 is 5.69 Å². The quantitative estimate of drug-likeness (QED) is 0.389. The number of carbonyl (C=O) groups is 1. The second kappa shape index (κ2) is 10.9. The molecular formula is C28H31N5O4. The topological polar surface area (TPSA) is 100 Å². The van der Waals surface area contributed by atoms with Gasteiger partial charge in [0.25, 0.3) is 0 Å². The number of benzene rings is 1. The zero-order chi connectivity index (χ0) is 25.8. The van der Waals surface area contributed by atoms with Crippen LogP contribution in [0.3, 0.4) is 0 Å². The average Bonchev–Trinajstić information content (AvgIpc) is 3.17. The van der Waals surface area contributed by atoms with E-state index in [0.29, 0.717) is 30.6 Å². The van der Waals surface area contributed by atoms with Gasteiger partial charge in [0.15, 0.2) is 5.65 Å². The second-order valence-electron chi connectivity index (χ2n) is 9.53. The molecule has 0 aliphatic heterocycles. The van der Waals surface area contributed by atoms with Crippen LogP contribution in [0.25, 0.3) is 11.2 Å². The van der Waals surface area contributed by atoms with Crippen molar-refractivity contribution in [1.82, 2.24) is 19.1 Å². The normalized spacial score (nSPS) is 17.5. The van der Waals surface area contributed by atoms with Crippen molar-refractivity contribution in [3.8, 4) is 11.6 Å². The molecule has 0 atom stereocenters. The van der Waals surface area contributed by atoms with E-state index >= 15 is 0 Å². The van der Waals surface area contributed by atoms with Crippen molar-refractivity contribution >= 4 is 22.8 Å². The lowest BCUT2D eigenvalue weighted by atomic mass is 9.81. The van der Waals surface area contributed by atoms with Gasteiger partial charge < -0.3 is 14.8 Å². The highest BCUT2D eigenvalue weighted by molar-refractivity contribution is 5.92. The number of rotatable bonds is 8. The van der Waals surface area contributed by atoms with E-state index in [-0.39, 0.29) is 17.5 Å². The van der Waals surface area contributed by atoms with Crippen molar-refractivity contribution in [2.75, 3.05) is 12.4 Å². The van der Waals surface area contributed by atoms with E-state index < -0.39 is 0 Å². The Hall–Kier alpha value is -4.14. The molecule has 3 aromatic heterocycles. The lowest BCUT2D eigenvalue weighted by Crippen LogP contribution is -2.31. The van der Waals surface area contributed by atoms with Crippen molar-refractivity contribution in [3.05, 3.63) is 77.0 Å².